The largest absolute Gasteiger partial charge is 0.497 e. The molecule has 4 N–H and O–H groups in total. The average molecular weight is 252 g/mol. The van der Waals surface area contributed by atoms with Crippen molar-refractivity contribution in [2.45, 2.75) is 31.9 Å². The van der Waals surface area contributed by atoms with Crippen molar-refractivity contribution >= 4 is 0 Å². The Kier molecular flexibility index (Phi) is 6.12. The first-order valence-electron chi connectivity index (χ1n) is 6.39. The number of aryl methyl sites for hydroxylation is 1. The summed E-state index contributed by atoms with van der Waals surface area (Å²) < 4.78 is 5.19. The van der Waals surface area contributed by atoms with E-state index in [1.807, 2.05) is 25.2 Å². The highest BCUT2D eigenvalue weighted by atomic mass is 16.5. The van der Waals surface area contributed by atoms with Gasteiger partial charge in [0, 0.05) is 6.04 Å². The Bertz CT molecular complexity index is 369. The number of aliphatic hydroxyl groups excluding tert-OH is 1. The lowest BCUT2D eigenvalue weighted by Gasteiger charge is -2.22. The molecule has 0 bridgehead atoms. The highest BCUT2D eigenvalue weighted by Crippen LogP contribution is 2.26. The van der Waals surface area contributed by atoms with Crippen molar-refractivity contribution in [3.8, 4) is 5.75 Å². The highest BCUT2D eigenvalue weighted by Gasteiger charge is 2.19. The van der Waals surface area contributed by atoms with E-state index in [1.165, 1.54) is 0 Å². The lowest BCUT2D eigenvalue weighted by molar-refractivity contribution is 0.141. The van der Waals surface area contributed by atoms with Gasteiger partial charge >= 0.3 is 0 Å². The van der Waals surface area contributed by atoms with Gasteiger partial charge in [-0.15, -0.1) is 0 Å². The SMILES string of the molecule is CCc1cc(OC)ccc1C(O)C(N)CCNC. The van der Waals surface area contributed by atoms with E-state index in [1.54, 1.807) is 7.11 Å². The maximum absolute atomic E-state index is 10.3. The molecule has 0 fully saturated rings. The van der Waals surface area contributed by atoms with E-state index in [4.69, 9.17) is 10.5 Å². The van der Waals surface area contributed by atoms with Crippen molar-refractivity contribution in [3.05, 3.63) is 29.3 Å². The van der Waals surface area contributed by atoms with E-state index in [-0.39, 0.29) is 6.04 Å². The normalized spacial score (nSPS) is 14.3. The van der Waals surface area contributed by atoms with Gasteiger partial charge in [0.1, 0.15) is 5.75 Å². The van der Waals surface area contributed by atoms with Crippen LogP contribution in [0.3, 0.4) is 0 Å². The third-order valence-corrected chi connectivity index (χ3v) is 3.18. The molecule has 102 valence electrons. The Balaban J connectivity index is 2.86. The molecule has 4 heteroatoms. The smallest absolute Gasteiger partial charge is 0.119 e. The Hall–Kier alpha value is -1.10. The topological polar surface area (TPSA) is 67.5 Å². The third-order valence-electron chi connectivity index (χ3n) is 3.18. The van der Waals surface area contributed by atoms with Gasteiger partial charge in [-0.2, -0.15) is 0 Å². The number of nitrogens with one attached hydrogen (secondary N) is 1. The van der Waals surface area contributed by atoms with Crippen LogP contribution in [0.5, 0.6) is 5.75 Å². The Morgan fingerprint density at radius 2 is 2.17 bits per heavy atom. The van der Waals surface area contributed by atoms with Crippen LogP contribution in [0, 0.1) is 0 Å². The summed E-state index contributed by atoms with van der Waals surface area (Å²) in [5.41, 5.74) is 8.00. The van der Waals surface area contributed by atoms with Crippen molar-refractivity contribution in [3.63, 3.8) is 0 Å². The summed E-state index contributed by atoms with van der Waals surface area (Å²) >= 11 is 0. The van der Waals surface area contributed by atoms with Gasteiger partial charge in [-0.1, -0.05) is 13.0 Å². The summed E-state index contributed by atoms with van der Waals surface area (Å²) in [6.45, 7) is 2.86. The predicted octanol–water partition coefficient (Wildman–Crippen LogP) is 1.23. The van der Waals surface area contributed by atoms with Gasteiger partial charge in [0.25, 0.3) is 0 Å². The van der Waals surface area contributed by atoms with Gasteiger partial charge in [-0.05, 0) is 49.7 Å². The number of rotatable bonds is 7. The number of methoxy groups -OCH3 is 1. The van der Waals surface area contributed by atoms with Crippen LogP contribution in [-0.2, 0) is 6.42 Å². The lowest BCUT2D eigenvalue weighted by Crippen LogP contribution is -2.32. The molecule has 0 aliphatic heterocycles. The van der Waals surface area contributed by atoms with Gasteiger partial charge in [-0.3, -0.25) is 0 Å². The van der Waals surface area contributed by atoms with Crippen LogP contribution in [0.15, 0.2) is 18.2 Å². The second-order valence-corrected chi connectivity index (χ2v) is 4.42. The summed E-state index contributed by atoms with van der Waals surface area (Å²) in [7, 11) is 3.52. The number of hydrogen-bond acceptors (Lipinski definition) is 4. The third kappa shape index (κ3) is 3.70. The van der Waals surface area contributed by atoms with Gasteiger partial charge in [0.2, 0.25) is 0 Å². The second kappa shape index (κ2) is 7.36. The maximum Gasteiger partial charge on any atom is 0.119 e. The Labute approximate surface area is 109 Å². The minimum Gasteiger partial charge on any atom is -0.497 e. The number of benzene rings is 1. The first kappa shape index (κ1) is 15.0. The van der Waals surface area contributed by atoms with Crippen LogP contribution in [0.4, 0.5) is 0 Å². The zero-order valence-electron chi connectivity index (χ0n) is 11.4. The number of hydrogen-bond donors (Lipinski definition) is 3. The van der Waals surface area contributed by atoms with E-state index < -0.39 is 6.10 Å². The summed E-state index contributed by atoms with van der Waals surface area (Å²) in [5, 5.41) is 13.3. The fourth-order valence-corrected chi connectivity index (χ4v) is 2.00. The van der Waals surface area contributed by atoms with Crippen molar-refractivity contribution in [1.29, 1.82) is 0 Å². The molecule has 0 heterocycles. The van der Waals surface area contributed by atoms with Crippen LogP contribution in [0.2, 0.25) is 0 Å². The molecule has 0 saturated carbocycles. The first-order chi connectivity index (χ1) is 8.63. The molecule has 0 amide bonds. The molecule has 0 aromatic heterocycles. The van der Waals surface area contributed by atoms with Crippen molar-refractivity contribution < 1.29 is 9.84 Å². The van der Waals surface area contributed by atoms with E-state index in [0.717, 1.165) is 36.3 Å². The van der Waals surface area contributed by atoms with Crippen molar-refractivity contribution in [1.82, 2.24) is 5.32 Å². The van der Waals surface area contributed by atoms with E-state index in [2.05, 4.69) is 12.2 Å². The monoisotopic (exact) mass is 252 g/mol. The average Bonchev–Trinajstić information content (AvgIpc) is 2.43. The molecule has 1 rings (SSSR count). The molecule has 0 aliphatic rings. The number of ether oxygens (including phenoxy) is 1. The highest BCUT2D eigenvalue weighted by molar-refractivity contribution is 5.37. The Morgan fingerprint density at radius 3 is 2.72 bits per heavy atom. The lowest BCUT2D eigenvalue weighted by atomic mass is 9.94. The quantitative estimate of drug-likeness (QED) is 0.683. The Morgan fingerprint density at radius 1 is 1.44 bits per heavy atom. The minimum absolute atomic E-state index is 0.254. The summed E-state index contributed by atoms with van der Waals surface area (Å²) in [6.07, 6.45) is 0.967. The van der Waals surface area contributed by atoms with Gasteiger partial charge in [0.05, 0.1) is 13.2 Å². The predicted molar refractivity (Wildman–Crippen MR) is 73.9 cm³/mol. The van der Waals surface area contributed by atoms with Gasteiger partial charge < -0.3 is 20.9 Å². The second-order valence-electron chi connectivity index (χ2n) is 4.42. The van der Waals surface area contributed by atoms with Crippen molar-refractivity contribution in [2.75, 3.05) is 20.7 Å². The molecule has 0 saturated heterocycles. The summed E-state index contributed by atoms with van der Waals surface area (Å²) in [5.74, 6) is 0.812. The standard InChI is InChI=1S/C14H24N2O2/c1-4-10-9-11(18-3)5-6-12(10)14(17)13(15)7-8-16-2/h5-6,9,13-14,16-17H,4,7-8,15H2,1-3H3. The molecular weight excluding hydrogens is 228 g/mol. The first-order valence-corrected chi connectivity index (χ1v) is 6.39. The molecule has 0 spiro atoms. The molecule has 2 unspecified atom stereocenters. The van der Waals surface area contributed by atoms with E-state index in [9.17, 15) is 5.11 Å². The zero-order valence-corrected chi connectivity index (χ0v) is 11.4. The van der Waals surface area contributed by atoms with Crippen LogP contribution < -0.4 is 15.8 Å². The van der Waals surface area contributed by atoms with Crippen LogP contribution >= 0.6 is 0 Å². The summed E-state index contributed by atoms with van der Waals surface area (Å²) in [4.78, 5) is 0. The molecule has 0 aliphatic carbocycles. The molecule has 0 radical (unpaired) electrons. The molecule has 2 atom stereocenters. The van der Waals surface area contributed by atoms with Gasteiger partial charge in [0.15, 0.2) is 0 Å². The fourth-order valence-electron chi connectivity index (χ4n) is 2.00. The molecule has 1 aromatic carbocycles. The zero-order chi connectivity index (χ0) is 13.5. The molecule has 18 heavy (non-hydrogen) atoms. The van der Waals surface area contributed by atoms with E-state index in [0.29, 0.717) is 0 Å². The van der Waals surface area contributed by atoms with E-state index >= 15 is 0 Å². The van der Waals surface area contributed by atoms with Gasteiger partial charge in [-0.25, -0.2) is 0 Å². The minimum atomic E-state index is -0.626. The van der Waals surface area contributed by atoms with Crippen molar-refractivity contribution in [2.24, 2.45) is 5.73 Å². The number of aliphatic hydroxyl groups is 1. The fraction of sp³-hybridized carbons (Fsp3) is 0.571. The maximum atomic E-state index is 10.3. The summed E-state index contributed by atoms with van der Waals surface area (Å²) in [6, 6.07) is 5.48. The molecule has 1 aromatic rings. The molecular formula is C14H24N2O2. The van der Waals surface area contributed by atoms with Crippen LogP contribution in [0.25, 0.3) is 0 Å². The number of nitrogens with two attached hydrogens (primary N) is 1. The van der Waals surface area contributed by atoms with Crippen LogP contribution in [-0.4, -0.2) is 31.9 Å². The van der Waals surface area contributed by atoms with Crippen LogP contribution in [0.1, 0.15) is 30.6 Å². The molecule has 4 nitrogen and oxygen atoms in total.